The minimum Gasteiger partial charge on any atom is -0.493 e. The summed E-state index contributed by atoms with van der Waals surface area (Å²) in [4.78, 5) is 19.1. The average Bonchev–Trinajstić information content (AvgIpc) is 3.01. The van der Waals surface area contributed by atoms with E-state index in [4.69, 9.17) is 31.2 Å². The van der Waals surface area contributed by atoms with Crippen molar-refractivity contribution in [2.45, 2.75) is 12.8 Å². The third-order valence-corrected chi connectivity index (χ3v) is 7.04. The predicted octanol–water partition coefficient (Wildman–Crippen LogP) is 5.33. The summed E-state index contributed by atoms with van der Waals surface area (Å²) in [5.41, 5.74) is 1.85. The van der Waals surface area contributed by atoms with Crippen molar-refractivity contribution in [3.63, 3.8) is 0 Å². The summed E-state index contributed by atoms with van der Waals surface area (Å²) < 4.78 is 38.1. The number of hydrogen-bond acceptors (Lipinski definition) is 8. The van der Waals surface area contributed by atoms with Gasteiger partial charge in [-0.15, -0.1) is 0 Å². The smallest absolute Gasteiger partial charge is 0.230 e. The quantitative estimate of drug-likeness (QED) is 0.174. The van der Waals surface area contributed by atoms with Gasteiger partial charge in [-0.1, -0.05) is 30.3 Å². The van der Waals surface area contributed by atoms with Gasteiger partial charge in [0.2, 0.25) is 5.91 Å². The van der Waals surface area contributed by atoms with Crippen LogP contribution in [0.25, 0.3) is 10.9 Å². The maximum Gasteiger partial charge on any atom is 0.230 e. The molecule has 0 bridgehead atoms. The van der Waals surface area contributed by atoms with Gasteiger partial charge in [0.25, 0.3) is 0 Å². The Morgan fingerprint density at radius 3 is 2.60 bits per heavy atom. The number of methoxy groups -OCH3 is 1. The average molecular weight is 605 g/mol. The summed E-state index contributed by atoms with van der Waals surface area (Å²) in [7, 11) is 1.57. The Kier molecular flexibility index (Phi) is 10.3. The molecule has 0 saturated carbocycles. The number of nitrogens with zero attached hydrogens (tertiary/aromatic N) is 2. The molecule has 0 radical (unpaired) electrons. The largest absolute Gasteiger partial charge is 0.493 e. The lowest BCUT2D eigenvalue weighted by Gasteiger charge is -2.26. The minimum absolute atomic E-state index is 0.0134. The van der Waals surface area contributed by atoms with Gasteiger partial charge in [0, 0.05) is 49.0 Å². The lowest BCUT2D eigenvalue weighted by atomic mass is 10.1. The first kappa shape index (κ1) is 30.1. The highest BCUT2D eigenvalue weighted by molar-refractivity contribution is 7.80. The van der Waals surface area contributed by atoms with E-state index in [0.29, 0.717) is 40.4 Å². The highest BCUT2D eigenvalue weighted by Gasteiger charge is 2.15. The molecule has 11 heteroatoms. The summed E-state index contributed by atoms with van der Waals surface area (Å²) in [6.07, 6.45) is 2.64. The number of amides is 1. The van der Waals surface area contributed by atoms with Crippen LogP contribution in [0.2, 0.25) is 0 Å². The number of nitrogens with one attached hydrogen (secondary N) is 2. The van der Waals surface area contributed by atoms with Crippen LogP contribution in [-0.4, -0.2) is 67.5 Å². The highest BCUT2D eigenvalue weighted by atomic mass is 32.1. The molecule has 2 N–H and O–H groups in total. The Labute approximate surface area is 254 Å². The second kappa shape index (κ2) is 14.7. The maximum atomic E-state index is 15.1. The van der Waals surface area contributed by atoms with Crippen LogP contribution in [0.3, 0.4) is 0 Å². The number of ether oxygens (including phenoxy) is 4. The number of hydrogen-bond donors (Lipinski definition) is 2. The number of aromatic nitrogens is 1. The molecular formula is C32H33FN4O5S. The summed E-state index contributed by atoms with van der Waals surface area (Å²) in [5.74, 6) is 0.644. The fraction of sp³-hybridized carbons (Fsp3) is 0.281. The molecule has 1 aromatic heterocycles. The second-order valence-corrected chi connectivity index (χ2v) is 10.3. The molecule has 9 nitrogen and oxygen atoms in total. The molecule has 43 heavy (non-hydrogen) atoms. The molecule has 3 aromatic carbocycles. The van der Waals surface area contributed by atoms with Crippen molar-refractivity contribution < 1.29 is 28.1 Å². The van der Waals surface area contributed by atoms with Crippen molar-refractivity contribution >= 4 is 39.8 Å². The topological polar surface area (TPSA) is 94.2 Å². The third-order valence-electron chi connectivity index (χ3n) is 6.84. The van der Waals surface area contributed by atoms with E-state index in [1.54, 1.807) is 37.6 Å². The second-order valence-electron chi connectivity index (χ2n) is 9.90. The van der Waals surface area contributed by atoms with Crippen LogP contribution in [-0.2, 0) is 16.0 Å². The number of carbonyl (C=O) groups excluding carboxylic acids is 1. The normalized spacial score (nSPS) is 13.3. The Balaban J connectivity index is 1.21. The fourth-order valence-corrected chi connectivity index (χ4v) is 4.91. The zero-order valence-electron chi connectivity index (χ0n) is 23.8. The van der Waals surface area contributed by atoms with E-state index in [1.807, 2.05) is 30.3 Å². The van der Waals surface area contributed by atoms with Crippen LogP contribution in [0.5, 0.6) is 23.0 Å². The fourth-order valence-electron chi connectivity index (χ4n) is 4.68. The van der Waals surface area contributed by atoms with E-state index in [2.05, 4.69) is 20.5 Å². The molecule has 0 aliphatic carbocycles. The van der Waals surface area contributed by atoms with Crippen LogP contribution in [0, 0.1) is 5.82 Å². The van der Waals surface area contributed by atoms with Gasteiger partial charge < -0.3 is 29.6 Å². The summed E-state index contributed by atoms with van der Waals surface area (Å²) in [6, 6.07) is 18.9. The molecule has 1 aliphatic heterocycles. The van der Waals surface area contributed by atoms with Gasteiger partial charge in [-0.05, 0) is 48.5 Å². The molecule has 1 fully saturated rings. The number of rotatable bonds is 11. The van der Waals surface area contributed by atoms with E-state index in [-0.39, 0.29) is 23.2 Å². The zero-order chi connectivity index (χ0) is 30.0. The number of pyridine rings is 1. The first-order valence-corrected chi connectivity index (χ1v) is 14.4. The number of anilines is 1. The van der Waals surface area contributed by atoms with Gasteiger partial charge in [0.1, 0.15) is 5.75 Å². The van der Waals surface area contributed by atoms with Gasteiger partial charge in [0.15, 0.2) is 28.2 Å². The van der Waals surface area contributed by atoms with Crippen LogP contribution in [0.15, 0.2) is 72.9 Å². The molecule has 1 saturated heterocycles. The third kappa shape index (κ3) is 8.38. The van der Waals surface area contributed by atoms with Crippen molar-refractivity contribution in [2.24, 2.45) is 0 Å². The van der Waals surface area contributed by atoms with Gasteiger partial charge in [-0.3, -0.25) is 14.7 Å². The predicted molar refractivity (Wildman–Crippen MR) is 167 cm³/mol. The van der Waals surface area contributed by atoms with Crippen LogP contribution in [0.1, 0.15) is 12.0 Å². The zero-order valence-corrected chi connectivity index (χ0v) is 24.6. The highest BCUT2D eigenvalue weighted by Crippen LogP contribution is 2.38. The van der Waals surface area contributed by atoms with E-state index >= 15 is 4.39 Å². The Morgan fingerprint density at radius 2 is 1.84 bits per heavy atom. The number of benzene rings is 3. The van der Waals surface area contributed by atoms with Crippen molar-refractivity contribution in [2.75, 3.05) is 51.9 Å². The molecular weight excluding hydrogens is 571 g/mol. The van der Waals surface area contributed by atoms with Gasteiger partial charge in [-0.2, -0.15) is 0 Å². The van der Waals surface area contributed by atoms with E-state index in [0.717, 1.165) is 44.8 Å². The van der Waals surface area contributed by atoms with Gasteiger partial charge in [-0.25, -0.2) is 4.39 Å². The molecule has 0 spiro atoms. The Bertz CT molecular complexity index is 1570. The molecule has 4 aromatic rings. The summed E-state index contributed by atoms with van der Waals surface area (Å²) in [5, 5.41) is 6.16. The van der Waals surface area contributed by atoms with Crippen LogP contribution >= 0.6 is 12.2 Å². The molecule has 0 unspecified atom stereocenters. The number of thiocarbonyl (C=S) groups is 1. The maximum absolute atomic E-state index is 15.1. The van der Waals surface area contributed by atoms with Crippen molar-refractivity contribution in [1.82, 2.24) is 15.2 Å². The van der Waals surface area contributed by atoms with E-state index < -0.39 is 5.82 Å². The summed E-state index contributed by atoms with van der Waals surface area (Å²) in [6.45, 7) is 4.87. The lowest BCUT2D eigenvalue weighted by Crippen LogP contribution is -2.37. The standard InChI is InChI=1S/C32H33FN4O5S/c1-39-29-20-24-26(21-30(29)41-15-5-12-37-13-16-40-17-14-37)34-11-10-27(24)42-28-9-8-23(19-25(28)33)35-32(43)36-31(38)18-22-6-3-2-4-7-22/h2-4,6-11,19-21H,5,12-18H2,1H3,(H2,35,36,38,43). The van der Waals surface area contributed by atoms with Crippen molar-refractivity contribution in [1.29, 1.82) is 0 Å². The minimum atomic E-state index is -0.611. The number of carbonyl (C=O) groups is 1. The lowest BCUT2D eigenvalue weighted by molar-refractivity contribution is -0.119. The van der Waals surface area contributed by atoms with E-state index in [1.165, 1.54) is 12.1 Å². The number of halogens is 1. The Morgan fingerprint density at radius 1 is 1.02 bits per heavy atom. The molecule has 5 rings (SSSR count). The van der Waals surface area contributed by atoms with Gasteiger partial charge in [0.05, 0.1) is 38.9 Å². The van der Waals surface area contributed by atoms with Gasteiger partial charge >= 0.3 is 0 Å². The first-order chi connectivity index (χ1) is 21.0. The summed E-state index contributed by atoms with van der Waals surface area (Å²) >= 11 is 5.23. The molecule has 1 amide bonds. The number of morpholine rings is 1. The first-order valence-electron chi connectivity index (χ1n) is 14.0. The van der Waals surface area contributed by atoms with Crippen LogP contribution in [0.4, 0.5) is 10.1 Å². The number of fused-ring (bicyclic) bond motifs is 1. The molecule has 2 heterocycles. The molecule has 1 aliphatic rings. The monoisotopic (exact) mass is 604 g/mol. The Hall–Kier alpha value is -4.32. The SMILES string of the molecule is COc1cc2c(Oc3ccc(NC(=S)NC(=O)Cc4ccccc4)cc3F)ccnc2cc1OCCCN1CCOCC1. The van der Waals surface area contributed by atoms with Crippen molar-refractivity contribution in [3.05, 3.63) is 84.3 Å². The van der Waals surface area contributed by atoms with Crippen molar-refractivity contribution in [3.8, 4) is 23.0 Å². The molecule has 224 valence electrons. The van der Waals surface area contributed by atoms with Crippen LogP contribution < -0.4 is 24.8 Å². The molecule has 0 atom stereocenters. The van der Waals surface area contributed by atoms with E-state index in [9.17, 15) is 4.79 Å².